The first kappa shape index (κ1) is 27.0. The number of halogens is 2. The van der Waals surface area contributed by atoms with Crippen LogP contribution in [-0.4, -0.2) is 37.9 Å². The van der Waals surface area contributed by atoms with E-state index < -0.39 is 11.6 Å². The van der Waals surface area contributed by atoms with Crippen LogP contribution in [0, 0.1) is 25.5 Å². The Morgan fingerprint density at radius 1 is 0.950 bits per heavy atom. The van der Waals surface area contributed by atoms with Gasteiger partial charge in [-0.25, -0.2) is 18.7 Å². The maximum Gasteiger partial charge on any atom is 0.183 e. The van der Waals surface area contributed by atoms with Gasteiger partial charge in [0.1, 0.15) is 23.1 Å². The molecule has 0 saturated carbocycles. The number of anilines is 2. The predicted molar refractivity (Wildman–Crippen MR) is 150 cm³/mol. The normalized spacial score (nSPS) is 11.2. The third-order valence-electron chi connectivity index (χ3n) is 6.31. The van der Waals surface area contributed by atoms with Gasteiger partial charge in [0.2, 0.25) is 0 Å². The first-order chi connectivity index (χ1) is 19.4. The van der Waals surface area contributed by atoms with Crippen LogP contribution in [0.1, 0.15) is 37.1 Å². The van der Waals surface area contributed by atoms with E-state index in [9.17, 15) is 8.78 Å². The van der Waals surface area contributed by atoms with E-state index in [0.29, 0.717) is 41.8 Å². The van der Waals surface area contributed by atoms with Gasteiger partial charge >= 0.3 is 0 Å². The largest absolute Gasteiger partial charge is 0.494 e. The number of aromatic nitrogens is 5. The number of hydrogen-bond donors (Lipinski definition) is 1. The van der Waals surface area contributed by atoms with E-state index in [0.717, 1.165) is 28.8 Å². The second-order valence-corrected chi connectivity index (χ2v) is 9.34. The molecule has 206 valence electrons. The molecule has 3 heterocycles. The van der Waals surface area contributed by atoms with Crippen molar-refractivity contribution in [3.05, 3.63) is 83.3 Å². The summed E-state index contributed by atoms with van der Waals surface area (Å²) in [5.41, 5.74) is 3.71. The van der Waals surface area contributed by atoms with Crippen molar-refractivity contribution in [3.63, 3.8) is 0 Å². The maximum atomic E-state index is 14.9. The highest BCUT2D eigenvalue weighted by atomic mass is 19.1. The van der Waals surface area contributed by atoms with Gasteiger partial charge in [0.15, 0.2) is 17.4 Å². The third-order valence-corrected chi connectivity index (χ3v) is 6.31. The number of benzene rings is 2. The molecule has 0 aliphatic rings. The summed E-state index contributed by atoms with van der Waals surface area (Å²) in [6.07, 6.45) is 4.23. The molecule has 0 radical (unpaired) electrons. The van der Waals surface area contributed by atoms with Gasteiger partial charge in [-0.15, -0.1) is 0 Å². The molecular weight excluding hydrogens is 514 g/mol. The fraction of sp³-hybridized carbons (Fsp3) is 0.267. The van der Waals surface area contributed by atoms with Crippen LogP contribution in [0.25, 0.3) is 22.4 Å². The summed E-state index contributed by atoms with van der Waals surface area (Å²) in [7, 11) is 0. The van der Waals surface area contributed by atoms with Gasteiger partial charge in [-0.3, -0.25) is 9.67 Å². The summed E-state index contributed by atoms with van der Waals surface area (Å²) >= 11 is 0. The molecule has 0 amide bonds. The summed E-state index contributed by atoms with van der Waals surface area (Å²) in [5.74, 6) is 0.0692. The average Bonchev–Trinajstić information content (AvgIpc) is 3.30. The van der Waals surface area contributed by atoms with Gasteiger partial charge in [-0.1, -0.05) is 25.1 Å². The van der Waals surface area contributed by atoms with Crippen LogP contribution in [0.15, 0.2) is 54.9 Å². The van der Waals surface area contributed by atoms with Crippen LogP contribution >= 0.6 is 0 Å². The van der Waals surface area contributed by atoms with Crippen LogP contribution in [0.4, 0.5) is 20.3 Å². The Bertz CT molecular complexity index is 1650. The van der Waals surface area contributed by atoms with Crippen molar-refractivity contribution in [1.29, 1.82) is 0 Å². The van der Waals surface area contributed by atoms with Crippen LogP contribution in [-0.2, 0) is 6.54 Å². The highest BCUT2D eigenvalue weighted by molar-refractivity contribution is 5.92. The first-order valence-electron chi connectivity index (χ1n) is 13.1. The molecule has 0 bridgehead atoms. The topological polar surface area (TPSA) is 87.0 Å². The number of nitrogens with one attached hydrogen (secondary N) is 1. The standard InChI is InChI=1S/C30H30F2N6O2/c1-5-11-40-27-16-34-30(36-29(27)35-25-12-19(4)33-15-18(25)3)28-21-9-7-8-10-26(21)38(37-28)17-22-23(31)13-20(39-6-2)14-24(22)32/h7-10,12-16H,5-6,11,17H2,1-4H3,(H,33,34,35,36). The van der Waals surface area contributed by atoms with Gasteiger partial charge < -0.3 is 14.8 Å². The Labute approximate surface area is 231 Å². The molecule has 5 rings (SSSR count). The summed E-state index contributed by atoms with van der Waals surface area (Å²) in [6, 6.07) is 11.8. The number of rotatable bonds is 10. The molecule has 2 aromatic carbocycles. The van der Waals surface area contributed by atoms with Crippen molar-refractivity contribution in [2.75, 3.05) is 18.5 Å². The molecule has 0 saturated heterocycles. The third kappa shape index (κ3) is 5.56. The van der Waals surface area contributed by atoms with E-state index in [4.69, 9.17) is 19.6 Å². The number of aryl methyl sites for hydroxylation is 2. The highest BCUT2D eigenvalue weighted by Crippen LogP contribution is 2.32. The molecule has 3 aromatic heterocycles. The molecule has 5 aromatic rings. The SMILES string of the molecule is CCCOc1cnc(-c2nn(Cc3c(F)cc(OCC)cc3F)c3ccccc23)nc1Nc1cc(C)ncc1C. The lowest BCUT2D eigenvalue weighted by Gasteiger charge is -2.14. The molecule has 0 atom stereocenters. The van der Waals surface area contributed by atoms with Crippen molar-refractivity contribution in [1.82, 2.24) is 24.7 Å². The minimum Gasteiger partial charge on any atom is -0.494 e. The lowest BCUT2D eigenvalue weighted by molar-refractivity contribution is 0.317. The minimum atomic E-state index is -0.701. The second kappa shape index (κ2) is 11.6. The smallest absolute Gasteiger partial charge is 0.183 e. The Kier molecular flexibility index (Phi) is 7.86. The van der Waals surface area contributed by atoms with Crippen molar-refractivity contribution in [2.24, 2.45) is 0 Å². The summed E-state index contributed by atoms with van der Waals surface area (Å²) in [4.78, 5) is 13.7. The highest BCUT2D eigenvalue weighted by Gasteiger charge is 2.20. The Morgan fingerprint density at radius 3 is 2.48 bits per heavy atom. The van der Waals surface area contributed by atoms with Crippen molar-refractivity contribution in [3.8, 4) is 23.0 Å². The van der Waals surface area contributed by atoms with Gasteiger partial charge in [-0.2, -0.15) is 5.10 Å². The van der Waals surface area contributed by atoms with Crippen molar-refractivity contribution >= 4 is 22.4 Å². The average molecular weight is 545 g/mol. The lowest BCUT2D eigenvalue weighted by atomic mass is 10.1. The van der Waals surface area contributed by atoms with E-state index in [1.807, 2.05) is 51.1 Å². The van der Waals surface area contributed by atoms with Crippen LogP contribution in [0.2, 0.25) is 0 Å². The first-order valence-corrected chi connectivity index (χ1v) is 13.1. The number of ether oxygens (including phenoxy) is 2. The van der Waals surface area contributed by atoms with Crippen molar-refractivity contribution in [2.45, 2.75) is 40.7 Å². The van der Waals surface area contributed by atoms with E-state index in [2.05, 4.69) is 15.3 Å². The molecule has 0 aliphatic carbocycles. The van der Waals surface area contributed by atoms with Gasteiger partial charge in [-0.05, 0) is 44.9 Å². The quantitative estimate of drug-likeness (QED) is 0.208. The number of fused-ring (bicyclic) bond motifs is 1. The van der Waals surface area contributed by atoms with E-state index >= 15 is 0 Å². The molecule has 0 aliphatic heterocycles. The van der Waals surface area contributed by atoms with E-state index in [1.165, 1.54) is 12.1 Å². The fourth-order valence-corrected chi connectivity index (χ4v) is 4.33. The summed E-state index contributed by atoms with van der Waals surface area (Å²) < 4.78 is 42.6. The number of nitrogens with zero attached hydrogens (tertiary/aromatic N) is 5. The lowest BCUT2D eigenvalue weighted by Crippen LogP contribution is -2.08. The monoisotopic (exact) mass is 544 g/mol. The predicted octanol–water partition coefficient (Wildman–Crippen LogP) is 6.76. The second-order valence-electron chi connectivity index (χ2n) is 9.34. The molecule has 40 heavy (non-hydrogen) atoms. The van der Waals surface area contributed by atoms with E-state index in [-0.39, 0.29) is 17.9 Å². The van der Waals surface area contributed by atoms with Crippen molar-refractivity contribution < 1.29 is 18.3 Å². The zero-order chi connectivity index (χ0) is 28.2. The van der Waals surface area contributed by atoms with Gasteiger partial charge in [0.25, 0.3) is 0 Å². The number of para-hydroxylation sites is 1. The van der Waals surface area contributed by atoms with Crippen LogP contribution < -0.4 is 14.8 Å². The Hall–Kier alpha value is -4.60. The number of pyridine rings is 1. The fourth-order valence-electron chi connectivity index (χ4n) is 4.33. The zero-order valence-electron chi connectivity index (χ0n) is 22.8. The van der Waals surface area contributed by atoms with E-state index in [1.54, 1.807) is 24.0 Å². The molecule has 0 spiro atoms. The Morgan fingerprint density at radius 2 is 1.73 bits per heavy atom. The molecule has 1 N–H and O–H groups in total. The van der Waals surface area contributed by atoms with Gasteiger partial charge in [0.05, 0.1) is 31.5 Å². The molecule has 10 heteroatoms. The maximum absolute atomic E-state index is 14.9. The summed E-state index contributed by atoms with van der Waals surface area (Å²) in [5, 5.41) is 8.83. The molecule has 0 unspecified atom stereocenters. The zero-order valence-corrected chi connectivity index (χ0v) is 22.8. The Balaban J connectivity index is 1.57. The minimum absolute atomic E-state index is 0.113. The van der Waals surface area contributed by atoms with Gasteiger partial charge in [0, 0.05) is 40.7 Å². The molecule has 8 nitrogen and oxygen atoms in total. The van der Waals surface area contributed by atoms with Crippen LogP contribution in [0.5, 0.6) is 11.5 Å². The van der Waals surface area contributed by atoms with Crippen LogP contribution in [0.3, 0.4) is 0 Å². The number of hydrogen-bond acceptors (Lipinski definition) is 7. The molecular formula is C30H30F2N6O2. The summed E-state index contributed by atoms with van der Waals surface area (Å²) in [6.45, 7) is 8.34. The molecule has 0 fully saturated rings.